The highest BCUT2D eigenvalue weighted by Gasteiger charge is 2.30. The molecule has 190 valence electrons. The fourth-order valence-electron chi connectivity index (χ4n) is 2.88. The summed E-state index contributed by atoms with van der Waals surface area (Å²) in [5.74, 6) is -3.10. The molecule has 1 rings (SSSR count). The van der Waals surface area contributed by atoms with Crippen LogP contribution in [0.15, 0.2) is 24.3 Å². The molecule has 0 aromatic heterocycles. The van der Waals surface area contributed by atoms with Crippen LogP contribution in [0.3, 0.4) is 0 Å². The van der Waals surface area contributed by atoms with Gasteiger partial charge in [-0.15, -0.1) is 0 Å². The van der Waals surface area contributed by atoms with Crippen LogP contribution in [-0.2, 0) is 25.6 Å². The molecule has 4 unspecified atom stereocenters. The van der Waals surface area contributed by atoms with E-state index in [2.05, 4.69) is 16.0 Å². The summed E-state index contributed by atoms with van der Waals surface area (Å²) in [4.78, 5) is 49.5. The van der Waals surface area contributed by atoms with E-state index in [9.17, 15) is 34.5 Å². The van der Waals surface area contributed by atoms with E-state index in [4.69, 9.17) is 5.73 Å². The number of rotatable bonds is 14. The van der Waals surface area contributed by atoms with Gasteiger partial charge >= 0.3 is 5.97 Å². The maximum absolute atomic E-state index is 12.9. The van der Waals surface area contributed by atoms with E-state index < -0.39 is 54.5 Å². The number of hydrogen-bond acceptors (Lipinski definition) is 8. The first-order chi connectivity index (χ1) is 16.0. The molecule has 0 aliphatic carbocycles. The minimum atomic E-state index is -1.36. The Kier molecular flexibility index (Phi) is 12.4. The Labute approximate surface area is 202 Å². The predicted octanol–water partition coefficient (Wildman–Crippen LogP) is -0.798. The molecule has 0 fully saturated rings. The number of aliphatic carboxylic acids is 1. The number of carbonyl (C=O) groups is 4. The van der Waals surface area contributed by atoms with Gasteiger partial charge in [-0.2, -0.15) is 11.8 Å². The third kappa shape index (κ3) is 9.57. The first kappa shape index (κ1) is 29.2. The molecule has 1 aromatic carbocycles. The standard InChI is InChI=1S/C22H34N4O7S/c1-12(2)18(23)21(31)26-17(11-27)20(30)25-16(10-13-4-6-14(28)7-5-13)19(29)24-15(22(32)33)8-9-34-3/h4-7,12,15-18,27-28H,8-11,23H2,1-3H3,(H,24,29)(H,25,30)(H,26,31)(H,32,33). The predicted molar refractivity (Wildman–Crippen MR) is 128 cm³/mol. The van der Waals surface area contributed by atoms with Crippen LogP contribution >= 0.6 is 11.8 Å². The Bertz CT molecular complexity index is 835. The summed E-state index contributed by atoms with van der Waals surface area (Å²) in [5, 5.41) is 35.8. The van der Waals surface area contributed by atoms with Crippen molar-refractivity contribution in [2.24, 2.45) is 11.7 Å². The summed E-state index contributed by atoms with van der Waals surface area (Å²) in [5.41, 5.74) is 6.37. The highest BCUT2D eigenvalue weighted by Crippen LogP contribution is 2.12. The molecule has 0 radical (unpaired) electrons. The van der Waals surface area contributed by atoms with E-state index in [1.807, 2.05) is 6.26 Å². The quantitative estimate of drug-likeness (QED) is 0.172. The first-order valence-electron chi connectivity index (χ1n) is 10.8. The zero-order valence-electron chi connectivity index (χ0n) is 19.5. The molecule has 3 amide bonds. The van der Waals surface area contributed by atoms with Crippen molar-refractivity contribution in [1.29, 1.82) is 0 Å². The third-order valence-corrected chi connectivity index (χ3v) is 5.71. The van der Waals surface area contributed by atoms with Crippen molar-refractivity contribution in [2.45, 2.75) is 50.9 Å². The lowest BCUT2D eigenvalue weighted by atomic mass is 10.0. The van der Waals surface area contributed by atoms with Crippen LogP contribution in [-0.4, -0.2) is 81.8 Å². The summed E-state index contributed by atoms with van der Waals surface area (Å²) in [6.07, 6.45) is 1.97. The Balaban J connectivity index is 3.05. The van der Waals surface area contributed by atoms with E-state index in [1.54, 1.807) is 26.0 Å². The van der Waals surface area contributed by atoms with E-state index >= 15 is 0 Å². The SMILES string of the molecule is CSCCC(NC(=O)C(Cc1ccc(O)cc1)NC(=O)C(CO)NC(=O)C(N)C(C)C)C(=O)O. The Hall–Kier alpha value is -2.83. The monoisotopic (exact) mass is 498 g/mol. The third-order valence-electron chi connectivity index (χ3n) is 5.07. The van der Waals surface area contributed by atoms with Gasteiger partial charge in [0, 0.05) is 6.42 Å². The van der Waals surface area contributed by atoms with Crippen LogP contribution in [0.25, 0.3) is 0 Å². The van der Waals surface area contributed by atoms with Crippen LogP contribution in [0.5, 0.6) is 5.75 Å². The average Bonchev–Trinajstić information content (AvgIpc) is 2.79. The van der Waals surface area contributed by atoms with E-state index in [1.165, 1.54) is 23.9 Å². The fraction of sp³-hybridized carbons (Fsp3) is 0.545. The summed E-state index contributed by atoms with van der Waals surface area (Å²) < 4.78 is 0. The molecular formula is C22H34N4O7S. The second-order valence-electron chi connectivity index (χ2n) is 8.13. The molecule has 0 spiro atoms. The lowest BCUT2D eigenvalue weighted by Crippen LogP contribution is -2.59. The molecule has 8 N–H and O–H groups in total. The minimum absolute atomic E-state index is 0.0151. The van der Waals surface area contributed by atoms with Gasteiger partial charge in [-0.1, -0.05) is 26.0 Å². The van der Waals surface area contributed by atoms with E-state index in [-0.39, 0.29) is 24.5 Å². The van der Waals surface area contributed by atoms with Crippen LogP contribution in [0.2, 0.25) is 0 Å². The highest BCUT2D eigenvalue weighted by atomic mass is 32.2. The maximum Gasteiger partial charge on any atom is 0.326 e. The van der Waals surface area contributed by atoms with Gasteiger partial charge in [0.2, 0.25) is 17.7 Å². The number of hydrogen-bond donors (Lipinski definition) is 7. The molecule has 0 saturated carbocycles. The van der Waals surface area contributed by atoms with Gasteiger partial charge in [-0.3, -0.25) is 14.4 Å². The van der Waals surface area contributed by atoms with Crippen molar-refractivity contribution in [3.63, 3.8) is 0 Å². The number of aromatic hydroxyl groups is 1. The number of nitrogens with two attached hydrogens (primary N) is 1. The van der Waals surface area contributed by atoms with Crippen LogP contribution in [0.4, 0.5) is 0 Å². The maximum atomic E-state index is 12.9. The number of carboxylic acid groups (broad SMARTS) is 1. The van der Waals surface area contributed by atoms with Gasteiger partial charge in [-0.05, 0) is 42.0 Å². The van der Waals surface area contributed by atoms with Crippen LogP contribution < -0.4 is 21.7 Å². The largest absolute Gasteiger partial charge is 0.508 e. The highest BCUT2D eigenvalue weighted by molar-refractivity contribution is 7.98. The smallest absolute Gasteiger partial charge is 0.326 e. The molecule has 1 aromatic rings. The van der Waals surface area contributed by atoms with Gasteiger partial charge in [0.1, 0.15) is 23.9 Å². The number of carbonyl (C=O) groups excluding carboxylic acids is 3. The van der Waals surface area contributed by atoms with Gasteiger partial charge in [0.05, 0.1) is 12.6 Å². The summed E-state index contributed by atoms with van der Waals surface area (Å²) >= 11 is 1.43. The minimum Gasteiger partial charge on any atom is -0.508 e. The Morgan fingerprint density at radius 1 is 0.941 bits per heavy atom. The number of benzene rings is 1. The van der Waals surface area contributed by atoms with Crippen molar-refractivity contribution >= 4 is 35.5 Å². The second kappa shape index (κ2) is 14.4. The van der Waals surface area contributed by atoms with E-state index in [0.717, 1.165) is 0 Å². The molecule has 0 saturated heterocycles. The number of nitrogens with one attached hydrogen (secondary N) is 3. The average molecular weight is 499 g/mol. The molecule has 11 nitrogen and oxygen atoms in total. The van der Waals surface area contributed by atoms with Crippen molar-refractivity contribution in [3.05, 3.63) is 29.8 Å². The zero-order valence-corrected chi connectivity index (χ0v) is 20.3. The normalized spacial score (nSPS) is 14.5. The molecule has 0 aliphatic heterocycles. The van der Waals surface area contributed by atoms with Crippen LogP contribution in [0, 0.1) is 5.92 Å². The topological polar surface area (TPSA) is 191 Å². The van der Waals surface area contributed by atoms with E-state index in [0.29, 0.717) is 11.3 Å². The van der Waals surface area contributed by atoms with Crippen LogP contribution in [0.1, 0.15) is 25.8 Å². The Morgan fingerprint density at radius 3 is 1.97 bits per heavy atom. The molecule has 4 atom stereocenters. The molecule has 0 aliphatic rings. The van der Waals surface area contributed by atoms with Crippen molar-refractivity contribution in [3.8, 4) is 5.75 Å². The summed E-state index contributed by atoms with van der Waals surface area (Å²) in [6, 6.07) is 1.30. The number of aliphatic hydroxyl groups excluding tert-OH is 1. The lowest BCUT2D eigenvalue weighted by molar-refractivity contribution is -0.142. The van der Waals surface area contributed by atoms with Crippen molar-refractivity contribution in [1.82, 2.24) is 16.0 Å². The fourth-order valence-corrected chi connectivity index (χ4v) is 3.35. The molecule has 12 heteroatoms. The van der Waals surface area contributed by atoms with Gasteiger partial charge in [0.25, 0.3) is 0 Å². The number of phenolic OH excluding ortho intramolecular Hbond substituents is 1. The lowest BCUT2D eigenvalue weighted by Gasteiger charge is -2.25. The van der Waals surface area contributed by atoms with Gasteiger partial charge < -0.3 is 37.0 Å². The summed E-state index contributed by atoms with van der Waals surface area (Å²) in [6.45, 7) is 2.72. The molecular weight excluding hydrogens is 464 g/mol. The molecule has 0 bridgehead atoms. The molecule has 34 heavy (non-hydrogen) atoms. The number of amides is 3. The number of carboxylic acids is 1. The van der Waals surface area contributed by atoms with Crippen molar-refractivity contribution < 1.29 is 34.5 Å². The van der Waals surface area contributed by atoms with Gasteiger partial charge in [0.15, 0.2) is 0 Å². The summed E-state index contributed by atoms with van der Waals surface area (Å²) in [7, 11) is 0. The number of phenols is 1. The van der Waals surface area contributed by atoms with Crippen molar-refractivity contribution in [2.75, 3.05) is 18.6 Å². The number of aliphatic hydroxyl groups is 1. The zero-order chi connectivity index (χ0) is 25.8. The first-order valence-corrected chi connectivity index (χ1v) is 12.2. The number of thioether (sulfide) groups is 1. The molecule has 0 heterocycles. The van der Waals surface area contributed by atoms with Gasteiger partial charge in [-0.25, -0.2) is 4.79 Å². The Morgan fingerprint density at radius 2 is 1.47 bits per heavy atom. The second-order valence-corrected chi connectivity index (χ2v) is 9.11.